The van der Waals surface area contributed by atoms with Gasteiger partial charge < -0.3 is 5.32 Å². The average molecular weight is 469 g/mol. The third-order valence-corrected chi connectivity index (χ3v) is 7.32. The normalized spacial score (nSPS) is 17.0. The molecule has 1 unspecified atom stereocenters. The average Bonchev–Trinajstić information content (AvgIpc) is 3.13. The van der Waals surface area contributed by atoms with Crippen LogP contribution in [-0.2, 0) is 17.6 Å². The van der Waals surface area contributed by atoms with Gasteiger partial charge >= 0.3 is 0 Å². The van der Waals surface area contributed by atoms with E-state index < -0.39 is 0 Å². The van der Waals surface area contributed by atoms with E-state index in [9.17, 15) is 4.79 Å². The number of halogens is 1. The van der Waals surface area contributed by atoms with E-state index in [-0.39, 0.29) is 5.91 Å². The highest BCUT2D eigenvalue weighted by Crippen LogP contribution is 2.46. The van der Waals surface area contributed by atoms with Gasteiger partial charge in [0.15, 0.2) is 0 Å². The minimum atomic E-state index is -0.0282. The summed E-state index contributed by atoms with van der Waals surface area (Å²) in [5.41, 5.74) is 3.53. The number of rotatable bonds is 3. The molecule has 0 radical (unpaired) electrons. The summed E-state index contributed by atoms with van der Waals surface area (Å²) in [7, 11) is 0. The topological polar surface area (TPSA) is 54.0 Å². The molecule has 1 aromatic carbocycles. The minimum absolute atomic E-state index is 0.0282. The van der Waals surface area contributed by atoms with Crippen LogP contribution < -0.4 is 8.85 Å². The number of anilines is 1. The van der Waals surface area contributed by atoms with E-state index in [2.05, 4.69) is 37.8 Å². The summed E-state index contributed by atoms with van der Waals surface area (Å²) >= 11 is 5.64. The van der Waals surface area contributed by atoms with E-state index in [4.69, 9.17) is 4.98 Å². The van der Waals surface area contributed by atoms with Crippen LogP contribution in [0.2, 0.25) is 0 Å². The molecule has 3 aromatic rings. The maximum Gasteiger partial charge on any atom is 0.221 e. The molecule has 124 valence electrons. The second-order valence-corrected chi connectivity index (χ2v) is 8.68. The number of thiazole rings is 1. The molecule has 0 spiro atoms. The van der Waals surface area contributed by atoms with E-state index in [1.807, 2.05) is 18.2 Å². The Balaban J connectivity index is 1.86. The number of aromatic nitrogens is 1. The zero-order valence-corrected chi connectivity index (χ0v) is 16.8. The summed E-state index contributed by atoms with van der Waals surface area (Å²) < 4.78 is 4.54. The van der Waals surface area contributed by atoms with Crippen molar-refractivity contribution in [3.05, 3.63) is 34.7 Å². The number of carbonyl (C=O) groups excluding carboxylic acids is 1. The van der Waals surface area contributed by atoms with Crippen LogP contribution in [0.5, 0.6) is 0 Å². The second-order valence-electron chi connectivity index (χ2n) is 5.92. The molecule has 2 N–H and O–H groups in total. The van der Waals surface area contributed by atoms with Crippen molar-refractivity contribution in [2.24, 2.45) is 0 Å². The van der Waals surface area contributed by atoms with Crippen LogP contribution in [-0.4, -0.2) is 16.9 Å². The highest BCUT2D eigenvalue weighted by Gasteiger charge is 2.27. The van der Waals surface area contributed by atoms with Crippen molar-refractivity contribution in [2.75, 3.05) is 5.32 Å². The Labute approximate surface area is 162 Å². The molecule has 2 heterocycles. The highest BCUT2D eigenvalue weighted by atomic mass is 127. The van der Waals surface area contributed by atoms with Crippen molar-refractivity contribution < 1.29 is 4.79 Å². The fraction of sp³-hybridized carbons (Fsp3) is 0.294. The maximum absolute atomic E-state index is 11.7. The first kappa shape index (κ1) is 16.4. The molecule has 24 heavy (non-hydrogen) atoms. The smallest absolute Gasteiger partial charge is 0.221 e. The van der Waals surface area contributed by atoms with E-state index in [0.717, 1.165) is 40.4 Å². The standard InChI is InChI=1S/C17H16IN3OS2/c1-9(22)19-16-15(11-7-6-10(21-18)8-14(11)24-16)17-20-12-4-2-3-5-13(12)23-17/h2-5,10,21H,6-8H2,1H3,(H,19,22). The van der Waals surface area contributed by atoms with Crippen molar-refractivity contribution in [3.8, 4) is 10.6 Å². The fourth-order valence-corrected chi connectivity index (χ4v) is 6.15. The van der Waals surface area contributed by atoms with Crippen LogP contribution in [0.4, 0.5) is 5.00 Å². The molecule has 1 atom stereocenters. The van der Waals surface area contributed by atoms with Crippen LogP contribution in [0.3, 0.4) is 0 Å². The molecule has 7 heteroatoms. The summed E-state index contributed by atoms with van der Waals surface area (Å²) in [6, 6.07) is 8.70. The number of carbonyl (C=O) groups is 1. The van der Waals surface area contributed by atoms with Gasteiger partial charge in [0.25, 0.3) is 0 Å². The van der Waals surface area contributed by atoms with E-state index >= 15 is 0 Å². The van der Waals surface area contributed by atoms with Gasteiger partial charge in [-0.1, -0.05) is 12.1 Å². The molecule has 0 aliphatic heterocycles. The quantitative estimate of drug-likeness (QED) is 0.429. The first-order valence-electron chi connectivity index (χ1n) is 7.80. The summed E-state index contributed by atoms with van der Waals surface area (Å²) in [4.78, 5) is 17.9. The molecule has 1 aliphatic rings. The number of amides is 1. The number of benzene rings is 1. The lowest BCUT2D eigenvalue weighted by molar-refractivity contribution is -0.114. The van der Waals surface area contributed by atoms with Crippen LogP contribution in [0, 0.1) is 0 Å². The molecule has 1 amide bonds. The third-order valence-electron chi connectivity index (χ3n) is 4.22. The van der Waals surface area contributed by atoms with Crippen LogP contribution in [0.1, 0.15) is 23.8 Å². The van der Waals surface area contributed by atoms with Crippen molar-refractivity contribution in [1.82, 2.24) is 8.51 Å². The van der Waals surface area contributed by atoms with Crippen molar-refractivity contribution in [1.29, 1.82) is 0 Å². The zero-order valence-electron chi connectivity index (χ0n) is 13.1. The number of para-hydroxylation sites is 1. The van der Waals surface area contributed by atoms with Crippen molar-refractivity contribution in [2.45, 2.75) is 32.2 Å². The van der Waals surface area contributed by atoms with Gasteiger partial charge in [0.2, 0.25) is 5.91 Å². The first-order valence-corrected chi connectivity index (χ1v) is 10.5. The molecule has 0 saturated carbocycles. The van der Waals surface area contributed by atoms with Gasteiger partial charge in [-0.3, -0.25) is 8.32 Å². The number of hydrogen-bond donors (Lipinski definition) is 2. The maximum atomic E-state index is 11.7. The van der Waals surface area contributed by atoms with Gasteiger partial charge in [-0.05, 0) is 37.0 Å². The number of thiophene rings is 1. The first-order chi connectivity index (χ1) is 11.7. The predicted molar refractivity (Wildman–Crippen MR) is 110 cm³/mol. The van der Waals surface area contributed by atoms with Crippen molar-refractivity contribution in [3.63, 3.8) is 0 Å². The lowest BCUT2D eigenvalue weighted by Crippen LogP contribution is -2.27. The summed E-state index contributed by atoms with van der Waals surface area (Å²) in [6.07, 6.45) is 3.15. The van der Waals surface area contributed by atoms with E-state index in [1.165, 1.54) is 15.1 Å². The van der Waals surface area contributed by atoms with Gasteiger partial charge in [0, 0.05) is 46.3 Å². The lowest BCUT2D eigenvalue weighted by atomic mass is 9.92. The Hall–Kier alpha value is -1.03. The molecular weight excluding hydrogens is 453 g/mol. The number of nitrogens with zero attached hydrogens (tertiary/aromatic N) is 1. The zero-order chi connectivity index (χ0) is 16.7. The number of nitrogens with one attached hydrogen (secondary N) is 2. The second kappa shape index (κ2) is 6.70. The van der Waals surface area contributed by atoms with Crippen molar-refractivity contribution >= 4 is 66.7 Å². The molecule has 0 saturated heterocycles. The molecule has 4 nitrogen and oxygen atoms in total. The largest absolute Gasteiger partial charge is 0.317 e. The molecule has 1 aliphatic carbocycles. The minimum Gasteiger partial charge on any atom is -0.317 e. The van der Waals surface area contributed by atoms with Gasteiger partial charge in [-0.15, -0.1) is 22.7 Å². The Morgan fingerprint density at radius 2 is 2.17 bits per heavy atom. The van der Waals surface area contributed by atoms with E-state index in [1.54, 1.807) is 29.6 Å². The molecular formula is C17H16IN3OS2. The monoisotopic (exact) mass is 469 g/mol. The van der Waals surface area contributed by atoms with Gasteiger partial charge in [0.05, 0.1) is 10.2 Å². The predicted octanol–water partition coefficient (Wildman–Crippen LogP) is 4.78. The SMILES string of the molecule is CC(=O)Nc1sc2c(c1-c1nc3ccccc3s1)CCC(NI)C2. The molecule has 2 aromatic heterocycles. The summed E-state index contributed by atoms with van der Waals surface area (Å²) in [5.74, 6) is -0.0282. The Morgan fingerprint density at radius 3 is 2.92 bits per heavy atom. The van der Waals surface area contributed by atoms with Gasteiger partial charge in [-0.25, -0.2) is 4.98 Å². The molecule has 0 fully saturated rings. The fourth-order valence-electron chi connectivity index (χ4n) is 3.13. The summed E-state index contributed by atoms with van der Waals surface area (Å²) in [6.45, 7) is 1.57. The van der Waals surface area contributed by atoms with Crippen LogP contribution >= 0.6 is 45.5 Å². The van der Waals surface area contributed by atoms with Gasteiger partial charge in [0.1, 0.15) is 10.0 Å². The molecule has 4 rings (SSSR count). The number of fused-ring (bicyclic) bond motifs is 2. The Morgan fingerprint density at radius 1 is 1.33 bits per heavy atom. The summed E-state index contributed by atoms with van der Waals surface area (Å²) in [5, 5.41) is 4.99. The molecule has 0 bridgehead atoms. The van der Waals surface area contributed by atoms with E-state index in [0.29, 0.717) is 6.04 Å². The van der Waals surface area contributed by atoms with Crippen LogP contribution in [0.15, 0.2) is 24.3 Å². The van der Waals surface area contributed by atoms with Crippen LogP contribution in [0.25, 0.3) is 20.8 Å². The Kier molecular flexibility index (Phi) is 4.59. The highest BCUT2D eigenvalue weighted by molar-refractivity contribution is 14.1. The third kappa shape index (κ3) is 2.98. The Bertz CT molecular complexity index is 885. The number of hydrogen-bond acceptors (Lipinski definition) is 5. The van der Waals surface area contributed by atoms with Gasteiger partial charge in [-0.2, -0.15) is 0 Å². The lowest BCUT2D eigenvalue weighted by Gasteiger charge is -2.20.